The number of carbonyl (C=O) groups excluding carboxylic acids is 1. The van der Waals surface area contributed by atoms with E-state index in [1.807, 2.05) is 39.8 Å². The average Bonchev–Trinajstić information content (AvgIpc) is 2.88. The van der Waals surface area contributed by atoms with Crippen LogP contribution in [0.15, 0.2) is 41.5 Å². The van der Waals surface area contributed by atoms with Gasteiger partial charge in [0.2, 0.25) is 0 Å². The van der Waals surface area contributed by atoms with Crippen LogP contribution in [-0.4, -0.2) is 40.4 Å². The minimum atomic E-state index is -0.834. The number of rotatable bonds is 4. The molecule has 9 heteroatoms. The lowest BCUT2D eigenvalue weighted by molar-refractivity contribution is -0.107. The molecule has 1 amide bonds. The maximum atomic E-state index is 12.9. The van der Waals surface area contributed by atoms with E-state index >= 15 is 0 Å². The van der Waals surface area contributed by atoms with Crippen LogP contribution in [0, 0.1) is 11.8 Å². The molecule has 1 aromatic carbocycles. The van der Waals surface area contributed by atoms with Crippen LogP contribution in [-0.2, 0) is 10.3 Å². The quantitative estimate of drug-likeness (QED) is 0.494. The fraction of sp³-hybridized carbons (Fsp3) is 0.423. The van der Waals surface area contributed by atoms with Crippen molar-refractivity contribution in [1.82, 2.24) is 4.98 Å². The Labute approximate surface area is 208 Å². The maximum Gasteiger partial charge on any atom is 0.274 e. The van der Waals surface area contributed by atoms with Crippen LogP contribution in [0.2, 0.25) is 0 Å². The summed E-state index contributed by atoms with van der Waals surface area (Å²) in [5, 5.41) is 2.18. The molecule has 2 aromatic rings. The monoisotopic (exact) mass is 494 g/mol. The Morgan fingerprint density at radius 2 is 2.06 bits per heavy atom. The third-order valence-electron chi connectivity index (χ3n) is 6.34. The number of amidine groups is 1. The first-order chi connectivity index (χ1) is 16.5. The number of ether oxygens (including phenoxy) is 3. The first kappa shape index (κ1) is 25.0. The summed E-state index contributed by atoms with van der Waals surface area (Å²) in [4.78, 5) is 22.0. The molecule has 0 aliphatic carbocycles. The van der Waals surface area contributed by atoms with Gasteiger partial charge in [-0.15, -0.1) is 5.92 Å². The van der Waals surface area contributed by atoms with Gasteiger partial charge in [-0.25, -0.2) is 4.98 Å². The van der Waals surface area contributed by atoms with Crippen LogP contribution in [0.1, 0.15) is 57.1 Å². The van der Waals surface area contributed by atoms with E-state index in [1.165, 1.54) is 6.20 Å². The van der Waals surface area contributed by atoms with Crippen LogP contribution in [0.25, 0.3) is 0 Å². The summed E-state index contributed by atoms with van der Waals surface area (Å²) in [6.45, 7) is 9.85. The van der Waals surface area contributed by atoms with Crippen molar-refractivity contribution in [2.45, 2.75) is 63.6 Å². The number of fused-ring (bicyclic) bond motifs is 3. The third kappa shape index (κ3) is 4.71. The molecule has 4 rings (SSSR count). The van der Waals surface area contributed by atoms with Gasteiger partial charge in [-0.1, -0.05) is 15.2 Å². The minimum absolute atomic E-state index is 0.259. The number of benzene rings is 1. The fourth-order valence-electron chi connectivity index (χ4n) is 4.30. The van der Waals surface area contributed by atoms with Crippen LogP contribution < -0.4 is 20.5 Å². The number of hydrogen-bond acceptors (Lipinski definition) is 7. The van der Waals surface area contributed by atoms with E-state index in [0.717, 1.165) is 5.56 Å². The van der Waals surface area contributed by atoms with E-state index in [9.17, 15) is 4.79 Å². The number of nitrogens with zero attached hydrogens (tertiary/aromatic N) is 2. The molecule has 0 spiro atoms. The van der Waals surface area contributed by atoms with Crippen molar-refractivity contribution in [1.29, 1.82) is 0 Å². The summed E-state index contributed by atoms with van der Waals surface area (Å²) in [6.07, 6.45) is 1.85. The zero-order chi connectivity index (χ0) is 25.4. The minimum Gasteiger partial charge on any atom is -0.493 e. The Morgan fingerprint density at radius 1 is 1.29 bits per heavy atom. The highest BCUT2D eigenvalue weighted by molar-refractivity contribution is 7.18. The number of amides is 1. The van der Waals surface area contributed by atoms with Crippen molar-refractivity contribution in [3.8, 4) is 23.3 Å². The first-order valence-corrected chi connectivity index (χ1v) is 12.0. The van der Waals surface area contributed by atoms with E-state index in [1.54, 1.807) is 25.1 Å². The number of hydrogen-bond donors (Lipinski definition) is 2. The summed E-state index contributed by atoms with van der Waals surface area (Å²) in [5.74, 6) is 7.00. The van der Waals surface area contributed by atoms with Crippen molar-refractivity contribution in [2.75, 3.05) is 11.9 Å². The molecule has 0 radical (unpaired) electrons. The molecule has 184 valence electrons. The molecule has 0 saturated heterocycles. The molecule has 2 aliphatic heterocycles. The van der Waals surface area contributed by atoms with E-state index < -0.39 is 16.5 Å². The molecule has 0 saturated carbocycles. The zero-order valence-corrected chi connectivity index (χ0v) is 21.8. The highest BCUT2D eigenvalue weighted by Gasteiger charge is 2.56. The van der Waals surface area contributed by atoms with Crippen molar-refractivity contribution >= 4 is 26.7 Å². The largest absolute Gasteiger partial charge is 0.493 e. The predicted molar refractivity (Wildman–Crippen MR) is 139 cm³/mol. The zero-order valence-electron chi connectivity index (χ0n) is 20.6. The highest BCUT2D eigenvalue weighted by atomic mass is 31.0. The van der Waals surface area contributed by atoms with Gasteiger partial charge in [-0.3, -0.25) is 9.79 Å². The number of aromatic nitrogens is 1. The van der Waals surface area contributed by atoms with E-state index in [0.29, 0.717) is 36.0 Å². The van der Waals surface area contributed by atoms with Gasteiger partial charge in [0.1, 0.15) is 39.5 Å². The first-order valence-electron chi connectivity index (χ1n) is 11.5. The van der Waals surface area contributed by atoms with Crippen molar-refractivity contribution < 1.29 is 19.0 Å². The summed E-state index contributed by atoms with van der Waals surface area (Å²) < 4.78 is 18.2. The maximum absolute atomic E-state index is 12.9. The number of nitrogens with one attached hydrogen (secondary N) is 1. The summed E-state index contributed by atoms with van der Waals surface area (Å²) in [6, 6.07) is 8.79. The SMILES string of the molecule is CC#C[C@@H](C)Oc1ccc(C(=O)Nc2ccc3c(c2)[C@@]2(C)N=C(N)C(C)(C)O[C@]2(P)CCO3)nc1. The second kappa shape index (κ2) is 9.14. The molecule has 35 heavy (non-hydrogen) atoms. The third-order valence-corrected chi connectivity index (χ3v) is 7.31. The number of nitrogens with two attached hydrogens (primary N) is 1. The van der Waals surface area contributed by atoms with Crippen LogP contribution in [0.3, 0.4) is 0 Å². The van der Waals surface area contributed by atoms with Crippen LogP contribution in [0.4, 0.5) is 5.69 Å². The molecule has 3 heterocycles. The van der Waals surface area contributed by atoms with Crippen molar-refractivity contribution in [2.24, 2.45) is 10.7 Å². The number of aliphatic imine (C=N–C) groups is 1. The Kier molecular flexibility index (Phi) is 6.52. The molecule has 4 atom stereocenters. The molecule has 1 unspecified atom stereocenters. The molecule has 0 bridgehead atoms. The predicted octanol–water partition coefficient (Wildman–Crippen LogP) is 3.86. The highest BCUT2D eigenvalue weighted by Crippen LogP contribution is 2.55. The smallest absolute Gasteiger partial charge is 0.274 e. The van der Waals surface area contributed by atoms with Gasteiger partial charge >= 0.3 is 0 Å². The van der Waals surface area contributed by atoms with Gasteiger partial charge in [0.05, 0.1) is 12.8 Å². The van der Waals surface area contributed by atoms with Gasteiger partial charge in [0, 0.05) is 17.7 Å². The number of carbonyl (C=O) groups is 1. The standard InChI is InChI=1S/C26H31N4O4P/c1-6-7-16(2)33-18-9-10-20(28-15-18)22(31)29-17-8-11-21-19(14-17)25(5)26(35,12-13-32-21)34-24(3,4)23(27)30-25/h8-11,14-16H,12-13,35H2,1-5H3,(H2,27,30)(H,29,31)/t16-,25-,26+/m1/s1. The van der Waals surface area contributed by atoms with Gasteiger partial charge in [-0.2, -0.15) is 0 Å². The molecule has 3 N–H and O–H groups in total. The summed E-state index contributed by atoms with van der Waals surface area (Å²) >= 11 is 0. The average molecular weight is 495 g/mol. The Hall–Kier alpha value is -3.14. The second-order valence-corrected chi connectivity index (χ2v) is 10.3. The summed E-state index contributed by atoms with van der Waals surface area (Å²) in [5.41, 5.74) is 6.39. The van der Waals surface area contributed by atoms with Gasteiger partial charge in [0.25, 0.3) is 5.91 Å². The number of pyridine rings is 1. The van der Waals surface area contributed by atoms with Crippen LogP contribution in [0.5, 0.6) is 11.5 Å². The fourth-order valence-corrected chi connectivity index (χ4v) is 4.94. The van der Waals surface area contributed by atoms with Crippen molar-refractivity contribution in [3.05, 3.63) is 47.8 Å². The lowest BCUT2D eigenvalue weighted by atomic mass is 9.82. The molecule has 2 aliphatic rings. The molecule has 0 fully saturated rings. The Bertz CT molecular complexity index is 1230. The van der Waals surface area contributed by atoms with Crippen LogP contribution >= 0.6 is 9.24 Å². The van der Waals surface area contributed by atoms with Gasteiger partial charge in [-0.05, 0) is 65.0 Å². The Balaban J connectivity index is 1.61. The lowest BCUT2D eigenvalue weighted by Crippen LogP contribution is -2.59. The molecular formula is C26H31N4O4P. The van der Waals surface area contributed by atoms with Gasteiger partial charge < -0.3 is 25.3 Å². The summed E-state index contributed by atoms with van der Waals surface area (Å²) in [7, 11) is 2.83. The van der Waals surface area contributed by atoms with E-state index in [-0.39, 0.29) is 17.7 Å². The van der Waals surface area contributed by atoms with Gasteiger partial charge in [0.15, 0.2) is 6.10 Å². The molecule has 8 nitrogen and oxygen atoms in total. The topological polar surface area (TPSA) is 108 Å². The van der Waals surface area contributed by atoms with Crippen molar-refractivity contribution in [3.63, 3.8) is 0 Å². The normalized spacial score (nSPS) is 25.3. The van der Waals surface area contributed by atoms with E-state index in [4.69, 9.17) is 24.9 Å². The number of anilines is 1. The molecule has 1 aromatic heterocycles. The lowest BCUT2D eigenvalue weighted by Gasteiger charge is -2.50. The second-order valence-electron chi connectivity index (χ2n) is 9.37. The van der Waals surface area contributed by atoms with E-state index in [2.05, 4.69) is 31.4 Å². The Morgan fingerprint density at radius 3 is 2.74 bits per heavy atom. The molecular weight excluding hydrogens is 463 g/mol.